The topological polar surface area (TPSA) is 96.5 Å². The smallest absolute Gasteiger partial charge is 0.272 e. The summed E-state index contributed by atoms with van der Waals surface area (Å²) in [6.07, 6.45) is 0.900. The normalized spacial score (nSPS) is 14.9. The molecule has 0 bridgehead atoms. The van der Waals surface area contributed by atoms with E-state index in [4.69, 9.17) is 5.73 Å². The zero-order valence-electron chi connectivity index (χ0n) is 13.3. The van der Waals surface area contributed by atoms with Crippen LogP contribution in [0, 0.1) is 0 Å². The van der Waals surface area contributed by atoms with Gasteiger partial charge in [0.2, 0.25) is 5.91 Å². The minimum atomic E-state index is -1.04. The number of amides is 2. The Morgan fingerprint density at radius 1 is 1.25 bits per heavy atom. The van der Waals surface area contributed by atoms with Crippen molar-refractivity contribution in [3.8, 4) is 0 Å². The van der Waals surface area contributed by atoms with Crippen LogP contribution < -0.4 is 5.73 Å². The predicted molar refractivity (Wildman–Crippen MR) is 88.4 cm³/mol. The molecule has 2 aromatic rings. The molecule has 2 amide bonds. The quantitative estimate of drug-likeness (QED) is 0.870. The van der Waals surface area contributed by atoms with E-state index >= 15 is 0 Å². The number of nitrogens with zero attached hydrogens (tertiary/aromatic N) is 2. The number of rotatable bonds is 5. The van der Waals surface area contributed by atoms with Gasteiger partial charge in [-0.15, -0.1) is 0 Å². The van der Waals surface area contributed by atoms with E-state index in [1.165, 1.54) is 12.1 Å². The van der Waals surface area contributed by atoms with Crippen LogP contribution in [-0.4, -0.2) is 39.9 Å². The molecule has 1 aliphatic rings. The van der Waals surface area contributed by atoms with Crippen molar-refractivity contribution in [3.63, 3.8) is 0 Å². The van der Waals surface area contributed by atoms with Crippen LogP contribution in [-0.2, 0) is 0 Å². The number of aliphatic hydroxyl groups is 1. The first-order valence-electron chi connectivity index (χ1n) is 7.79. The molecule has 3 N–H and O–H groups in total. The van der Waals surface area contributed by atoms with Crippen molar-refractivity contribution in [1.29, 1.82) is 0 Å². The van der Waals surface area contributed by atoms with Crippen molar-refractivity contribution >= 4 is 11.8 Å². The van der Waals surface area contributed by atoms with Crippen LogP contribution in [0.25, 0.3) is 0 Å². The van der Waals surface area contributed by atoms with Gasteiger partial charge in [0.15, 0.2) is 0 Å². The zero-order valence-corrected chi connectivity index (χ0v) is 13.3. The first-order chi connectivity index (χ1) is 11.5. The van der Waals surface area contributed by atoms with Crippen molar-refractivity contribution in [2.24, 2.45) is 5.73 Å². The molecular formula is C18H19N3O3. The van der Waals surface area contributed by atoms with E-state index in [0.29, 0.717) is 5.56 Å². The lowest BCUT2D eigenvalue weighted by atomic mass is 10.0. The maximum Gasteiger partial charge on any atom is 0.272 e. The summed E-state index contributed by atoms with van der Waals surface area (Å²) in [6, 6.07) is 12.0. The van der Waals surface area contributed by atoms with Gasteiger partial charge in [-0.2, -0.15) is 0 Å². The zero-order chi connectivity index (χ0) is 17.3. The summed E-state index contributed by atoms with van der Waals surface area (Å²) in [5.74, 6) is -0.941. The lowest BCUT2D eigenvalue weighted by Gasteiger charge is -2.18. The number of hydrogen-bond acceptors (Lipinski definition) is 4. The van der Waals surface area contributed by atoms with Gasteiger partial charge in [-0.25, -0.2) is 4.98 Å². The first-order valence-corrected chi connectivity index (χ1v) is 7.79. The monoisotopic (exact) mass is 325 g/mol. The molecule has 1 aromatic heterocycles. The van der Waals surface area contributed by atoms with E-state index in [2.05, 4.69) is 4.98 Å². The Bertz CT molecular complexity index is 772. The second kappa shape index (κ2) is 6.41. The standard InChI is InChI=1S/C18H19N3O3/c1-21(13-7-8-13)18(24)15-10-12(17(19)23)9-14(20-15)16(22)11-5-3-2-4-6-11/h2-6,9-10,13,16,22H,7-8H2,1H3,(H2,19,23)/t16-/m1/s1. The maximum absolute atomic E-state index is 12.5. The third-order valence-corrected chi connectivity index (χ3v) is 4.16. The second-order valence-electron chi connectivity index (χ2n) is 5.99. The molecule has 6 heteroatoms. The van der Waals surface area contributed by atoms with Crippen LogP contribution >= 0.6 is 0 Å². The van der Waals surface area contributed by atoms with E-state index in [0.717, 1.165) is 12.8 Å². The van der Waals surface area contributed by atoms with Gasteiger partial charge < -0.3 is 15.7 Å². The first kappa shape index (κ1) is 16.1. The Morgan fingerprint density at radius 3 is 2.50 bits per heavy atom. The molecule has 0 radical (unpaired) electrons. The van der Waals surface area contributed by atoms with E-state index in [1.54, 1.807) is 36.2 Å². The SMILES string of the molecule is CN(C(=O)c1cc(C(N)=O)cc([C@H](O)c2ccccc2)n1)C1CC1. The maximum atomic E-state index is 12.5. The Labute approximate surface area is 139 Å². The van der Waals surface area contributed by atoms with Crippen LogP contribution in [0.4, 0.5) is 0 Å². The number of nitrogens with two attached hydrogens (primary N) is 1. The number of pyridine rings is 1. The molecule has 1 aromatic carbocycles. The summed E-state index contributed by atoms with van der Waals surface area (Å²) in [5.41, 5.74) is 6.49. The van der Waals surface area contributed by atoms with Crippen molar-refractivity contribution in [2.75, 3.05) is 7.05 Å². The molecule has 1 atom stereocenters. The van der Waals surface area contributed by atoms with E-state index in [9.17, 15) is 14.7 Å². The Balaban J connectivity index is 1.99. The minimum Gasteiger partial charge on any atom is -0.382 e. The molecule has 0 unspecified atom stereocenters. The van der Waals surface area contributed by atoms with Crippen LogP contribution in [0.5, 0.6) is 0 Å². The highest BCUT2D eigenvalue weighted by Crippen LogP contribution is 2.27. The van der Waals surface area contributed by atoms with Gasteiger partial charge in [-0.05, 0) is 30.5 Å². The van der Waals surface area contributed by atoms with Crippen LogP contribution in [0.1, 0.15) is 51.0 Å². The molecule has 3 rings (SSSR count). The third-order valence-electron chi connectivity index (χ3n) is 4.16. The Morgan fingerprint density at radius 2 is 1.92 bits per heavy atom. The fourth-order valence-electron chi connectivity index (χ4n) is 2.56. The fraction of sp³-hybridized carbons (Fsp3) is 0.278. The highest BCUT2D eigenvalue weighted by atomic mass is 16.3. The van der Waals surface area contributed by atoms with Gasteiger partial charge in [0.05, 0.1) is 5.69 Å². The second-order valence-corrected chi connectivity index (χ2v) is 5.99. The van der Waals surface area contributed by atoms with Gasteiger partial charge in [0.25, 0.3) is 5.91 Å². The summed E-state index contributed by atoms with van der Waals surface area (Å²) in [5, 5.41) is 10.5. The summed E-state index contributed by atoms with van der Waals surface area (Å²) in [4.78, 5) is 30.0. The molecule has 0 spiro atoms. The molecule has 1 aliphatic carbocycles. The summed E-state index contributed by atoms with van der Waals surface area (Å²) >= 11 is 0. The van der Waals surface area contributed by atoms with Gasteiger partial charge in [0, 0.05) is 18.7 Å². The summed E-state index contributed by atoms with van der Waals surface area (Å²) in [7, 11) is 1.71. The summed E-state index contributed by atoms with van der Waals surface area (Å²) in [6.45, 7) is 0. The lowest BCUT2D eigenvalue weighted by Crippen LogP contribution is -2.30. The molecule has 6 nitrogen and oxygen atoms in total. The minimum absolute atomic E-state index is 0.116. The van der Waals surface area contributed by atoms with Gasteiger partial charge in [-0.3, -0.25) is 9.59 Å². The van der Waals surface area contributed by atoms with Crippen molar-refractivity contribution in [2.45, 2.75) is 25.0 Å². The van der Waals surface area contributed by atoms with Gasteiger partial charge in [0.1, 0.15) is 11.8 Å². The number of hydrogen-bond donors (Lipinski definition) is 2. The average Bonchev–Trinajstić information content (AvgIpc) is 3.45. The fourth-order valence-corrected chi connectivity index (χ4v) is 2.56. The van der Waals surface area contributed by atoms with Crippen molar-refractivity contribution in [3.05, 3.63) is 65.0 Å². The Kier molecular flexibility index (Phi) is 4.31. The van der Waals surface area contributed by atoms with E-state index < -0.39 is 12.0 Å². The number of aromatic nitrogens is 1. The highest BCUT2D eigenvalue weighted by molar-refractivity contribution is 5.98. The molecule has 24 heavy (non-hydrogen) atoms. The number of aliphatic hydroxyl groups excluding tert-OH is 1. The molecule has 1 fully saturated rings. The molecule has 1 saturated carbocycles. The van der Waals surface area contributed by atoms with Gasteiger partial charge >= 0.3 is 0 Å². The number of carbonyl (C=O) groups excluding carboxylic acids is 2. The van der Waals surface area contributed by atoms with Crippen molar-refractivity contribution in [1.82, 2.24) is 9.88 Å². The molecule has 0 saturated heterocycles. The van der Waals surface area contributed by atoms with Crippen LogP contribution in [0.3, 0.4) is 0 Å². The van der Waals surface area contributed by atoms with E-state index in [-0.39, 0.29) is 28.9 Å². The van der Waals surface area contributed by atoms with E-state index in [1.807, 2.05) is 6.07 Å². The average molecular weight is 325 g/mol. The summed E-state index contributed by atoms with van der Waals surface area (Å²) < 4.78 is 0. The molecule has 0 aliphatic heterocycles. The number of primary amides is 1. The highest BCUT2D eigenvalue weighted by Gasteiger charge is 2.31. The lowest BCUT2D eigenvalue weighted by molar-refractivity contribution is 0.0778. The molecular weight excluding hydrogens is 306 g/mol. The predicted octanol–water partition coefficient (Wildman–Crippen LogP) is 1.50. The van der Waals surface area contributed by atoms with Crippen LogP contribution in [0.2, 0.25) is 0 Å². The largest absolute Gasteiger partial charge is 0.382 e. The van der Waals surface area contributed by atoms with Crippen LogP contribution in [0.15, 0.2) is 42.5 Å². The Hall–Kier alpha value is -2.73. The number of carbonyl (C=O) groups is 2. The molecule has 124 valence electrons. The third kappa shape index (κ3) is 3.28. The molecule has 1 heterocycles. The van der Waals surface area contributed by atoms with Crippen molar-refractivity contribution < 1.29 is 14.7 Å². The number of benzene rings is 1. The van der Waals surface area contributed by atoms with Gasteiger partial charge in [-0.1, -0.05) is 30.3 Å².